The molecule has 1 aliphatic rings. The second-order valence-electron chi connectivity index (χ2n) is 7.62. The Morgan fingerprint density at radius 1 is 1.07 bits per heavy atom. The molecule has 5 rings (SSSR count). The predicted octanol–water partition coefficient (Wildman–Crippen LogP) is 3.19. The number of benzene rings is 1. The Kier molecular flexibility index (Phi) is 5.11. The summed E-state index contributed by atoms with van der Waals surface area (Å²) in [4.78, 5) is 8.77. The minimum absolute atomic E-state index is 0.370. The van der Waals surface area contributed by atoms with Gasteiger partial charge in [-0.2, -0.15) is 10.2 Å². The van der Waals surface area contributed by atoms with Crippen molar-refractivity contribution in [3.63, 3.8) is 0 Å². The maximum Gasteiger partial charge on any atom is 0.150 e. The maximum absolute atomic E-state index is 4.89. The number of para-hydroxylation sites is 1. The van der Waals surface area contributed by atoms with Gasteiger partial charge >= 0.3 is 0 Å². The van der Waals surface area contributed by atoms with E-state index in [1.807, 2.05) is 47.4 Å². The normalized spacial score (nSPS) is 15.8. The third-order valence-electron chi connectivity index (χ3n) is 5.56. The molecule has 0 spiro atoms. The van der Waals surface area contributed by atoms with Gasteiger partial charge in [0.25, 0.3) is 0 Å². The highest BCUT2D eigenvalue weighted by atomic mass is 15.4. The second kappa shape index (κ2) is 8.20. The van der Waals surface area contributed by atoms with Gasteiger partial charge in [0.05, 0.1) is 17.9 Å². The molecule has 0 saturated carbocycles. The molecule has 1 aliphatic heterocycles. The second-order valence-corrected chi connectivity index (χ2v) is 7.62. The quantitative estimate of drug-likeness (QED) is 0.539. The van der Waals surface area contributed by atoms with Crippen molar-refractivity contribution in [3.8, 4) is 16.9 Å². The van der Waals surface area contributed by atoms with Gasteiger partial charge in [0.2, 0.25) is 0 Å². The van der Waals surface area contributed by atoms with E-state index in [9.17, 15) is 0 Å². The van der Waals surface area contributed by atoms with Gasteiger partial charge in [-0.1, -0.05) is 25.1 Å². The first-order valence-electron chi connectivity index (χ1n) is 10.5. The zero-order valence-electron chi connectivity index (χ0n) is 17.1. The van der Waals surface area contributed by atoms with Gasteiger partial charge in [-0.05, 0) is 30.7 Å². The topological polar surface area (TPSA) is 73.5 Å². The SMILES string of the molecule is CCc1nc2n(n1)CC(NCc1cn(-c3ccccc3)nc1-c1ccncc1)CC2. The van der Waals surface area contributed by atoms with Crippen molar-refractivity contribution >= 4 is 0 Å². The van der Waals surface area contributed by atoms with Crippen LogP contribution in [0.2, 0.25) is 0 Å². The van der Waals surface area contributed by atoms with Gasteiger partial charge in [-0.15, -0.1) is 0 Å². The van der Waals surface area contributed by atoms with Crippen LogP contribution in [0.25, 0.3) is 16.9 Å². The number of pyridine rings is 1. The molecule has 1 atom stereocenters. The van der Waals surface area contributed by atoms with Crippen LogP contribution in [-0.2, 0) is 25.9 Å². The first-order chi connectivity index (χ1) is 14.8. The third-order valence-corrected chi connectivity index (χ3v) is 5.56. The van der Waals surface area contributed by atoms with E-state index in [0.717, 1.165) is 60.9 Å². The van der Waals surface area contributed by atoms with E-state index < -0.39 is 0 Å². The highest BCUT2D eigenvalue weighted by molar-refractivity contribution is 5.62. The van der Waals surface area contributed by atoms with E-state index in [4.69, 9.17) is 5.10 Å². The fourth-order valence-electron chi connectivity index (χ4n) is 3.94. The number of hydrogen-bond acceptors (Lipinski definition) is 5. The van der Waals surface area contributed by atoms with Crippen LogP contribution in [0.15, 0.2) is 61.1 Å². The van der Waals surface area contributed by atoms with E-state index in [0.29, 0.717) is 6.04 Å². The summed E-state index contributed by atoms with van der Waals surface area (Å²) in [7, 11) is 0. The lowest BCUT2D eigenvalue weighted by atomic mass is 10.1. The van der Waals surface area contributed by atoms with Gasteiger partial charge in [-0.25, -0.2) is 14.3 Å². The summed E-state index contributed by atoms with van der Waals surface area (Å²) in [5.74, 6) is 2.05. The van der Waals surface area contributed by atoms with E-state index in [2.05, 4.69) is 50.3 Å². The summed E-state index contributed by atoms with van der Waals surface area (Å²) in [5, 5.41) is 13.2. The zero-order chi connectivity index (χ0) is 20.3. The minimum Gasteiger partial charge on any atom is -0.308 e. The molecule has 0 amide bonds. The Labute approximate surface area is 175 Å². The molecule has 30 heavy (non-hydrogen) atoms. The van der Waals surface area contributed by atoms with Crippen LogP contribution >= 0.6 is 0 Å². The van der Waals surface area contributed by atoms with E-state index in [1.54, 1.807) is 0 Å². The highest BCUT2D eigenvalue weighted by Gasteiger charge is 2.22. The van der Waals surface area contributed by atoms with Crippen LogP contribution in [0.4, 0.5) is 0 Å². The number of aromatic nitrogens is 6. The maximum atomic E-state index is 4.89. The average molecular weight is 400 g/mol. The van der Waals surface area contributed by atoms with Gasteiger partial charge in [0, 0.05) is 55.1 Å². The smallest absolute Gasteiger partial charge is 0.150 e. The van der Waals surface area contributed by atoms with Crippen LogP contribution in [0.1, 0.15) is 30.6 Å². The Bertz CT molecular complexity index is 1120. The molecule has 7 nitrogen and oxygen atoms in total. The molecule has 4 heterocycles. The van der Waals surface area contributed by atoms with Gasteiger partial charge in [0.15, 0.2) is 5.82 Å². The molecular formula is C23H25N7. The van der Waals surface area contributed by atoms with Crippen LogP contribution in [0, 0.1) is 0 Å². The highest BCUT2D eigenvalue weighted by Crippen LogP contribution is 2.24. The monoisotopic (exact) mass is 399 g/mol. The van der Waals surface area contributed by atoms with Gasteiger partial charge < -0.3 is 5.32 Å². The summed E-state index contributed by atoms with van der Waals surface area (Å²) >= 11 is 0. The van der Waals surface area contributed by atoms with Crippen molar-refractivity contribution in [2.75, 3.05) is 0 Å². The van der Waals surface area contributed by atoms with E-state index in [-0.39, 0.29) is 0 Å². The van der Waals surface area contributed by atoms with Crippen LogP contribution in [0.3, 0.4) is 0 Å². The summed E-state index contributed by atoms with van der Waals surface area (Å²) < 4.78 is 4.02. The minimum atomic E-state index is 0.370. The van der Waals surface area contributed by atoms with E-state index >= 15 is 0 Å². The number of nitrogens with zero attached hydrogens (tertiary/aromatic N) is 6. The summed E-state index contributed by atoms with van der Waals surface area (Å²) in [5.41, 5.74) is 4.28. The van der Waals surface area contributed by atoms with Gasteiger partial charge in [-0.3, -0.25) is 4.98 Å². The molecular weight excluding hydrogens is 374 g/mol. The summed E-state index contributed by atoms with van der Waals surface area (Å²) in [6, 6.07) is 14.6. The predicted molar refractivity (Wildman–Crippen MR) is 115 cm³/mol. The van der Waals surface area contributed by atoms with Crippen molar-refractivity contribution in [3.05, 3.63) is 78.3 Å². The Morgan fingerprint density at radius 3 is 2.70 bits per heavy atom. The lowest BCUT2D eigenvalue weighted by molar-refractivity contribution is 0.357. The molecule has 7 heteroatoms. The lowest BCUT2D eigenvalue weighted by Crippen LogP contribution is -2.37. The van der Waals surface area contributed by atoms with Crippen LogP contribution in [-0.4, -0.2) is 35.6 Å². The number of rotatable bonds is 6. The van der Waals surface area contributed by atoms with Crippen molar-refractivity contribution in [1.82, 2.24) is 34.8 Å². The standard InChI is InChI=1S/C23H25N7/c1-2-21-26-22-9-8-19(16-30(22)27-21)25-14-18-15-29(20-6-4-3-5-7-20)28-23(18)17-10-12-24-13-11-17/h3-7,10-13,15,19,25H,2,8-9,14,16H2,1H3. The van der Waals surface area contributed by atoms with Crippen molar-refractivity contribution in [2.24, 2.45) is 0 Å². The van der Waals surface area contributed by atoms with E-state index in [1.165, 1.54) is 5.56 Å². The molecule has 1 unspecified atom stereocenters. The third kappa shape index (κ3) is 3.76. The van der Waals surface area contributed by atoms with Gasteiger partial charge in [0.1, 0.15) is 5.82 Å². The van der Waals surface area contributed by atoms with Crippen LogP contribution < -0.4 is 5.32 Å². The number of hydrogen-bond donors (Lipinski definition) is 1. The van der Waals surface area contributed by atoms with Crippen molar-refractivity contribution in [1.29, 1.82) is 0 Å². The zero-order valence-corrected chi connectivity index (χ0v) is 17.1. The molecule has 152 valence electrons. The van der Waals surface area contributed by atoms with Crippen LogP contribution in [0.5, 0.6) is 0 Å². The Hall–Kier alpha value is -3.32. The summed E-state index contributed by atoms with van der Waals surface area (Å²) in [6.07, 6.45) is 8.66. The molecule has 0 radical (unpaired) electrons. The number of fused-ring (bicyclic) bond motifs is 1. The largest absolute Gasteiger partial charge is 0.308 e. The fourth-order valence-corrected chi connectivity index (χ4v) is 3.94. The Morgan fingerprint density at radius 2 is 1.90 bits per heavy atom. The summed E-state index contributed by atoms with van der Waals surface area (Å²) in [6.45, 7) is 3.71. The van der Waals surface area contributed by atoms with Crippen molar-refractivity contribution in [2.45, 2.75) is 45.3 Å². The lowest BCUT2D eigenvalue weighted by Gasteiger charge is -2.23. The molecule has 1 aromatic carbocycles. The molecule has 4 aromatic rings. The molecule has 1 N–H and O–H groups in total. The Balaban J connectivity index is 1.37. The van der Waals surface area contributed by atoms with Crippen molar-refractivity contribution < 1.29 is 0 Å². The molecule has 0 fully saturated rings. The first kappa shape index (κ1) is 18.7. The number of aryl methyl sites for hydroxylation is 2. The molecule has 0 bridgehead atoms. The first-order valence-corrected chi connectivity index (χ1v) is 10.5. The molecule has 3 aromatic heterocycles. The average Bonchev–Trinajstić information content (AvgIpc) is 3.42. The fraction of sp³-hybridized carbons (Fsp3) is 0.304. The molecule has 0 aliphatic carbocycles. The molecule has 0 saturated heterocycles. The number of nitrogens with one attached hydrogen (secondary N) is 1.